The molecule has 0 radical (unpaired) electrons. The number of benzene rings is 3. The molecule has 3 aromatic carbocycles. The Morgan fingerprint density at radius 1 is 0.839 bits per heavy atom. The molecule has 0 saturated carbocycles. The van der Waals surface area contributed by atoms with E-state index < -0.39 is 5.79 Å². The average molecular weight is 473 g/mol. The van der Waals surface area contributed by atoms with Crippen molar-refractivity contribution in [3.8, 4) is 11.5 Å². The van der Waals surface area contributed by atoms with Gasteiger partial charge in [-0.3, -0.25) is 0 Å². The molecule has 31 heavy (non-hydrogen) atoms. The van der Waals surface area contributed by atoms with Crippen LogP contribution in [0.1, 0.15) is 12.5 Å². The van der Waals surface area contributed by atoms with Crippen molar-refractivity contribution in [2.24, 2.45) is 0 Å². The van der Waals surface area contributed by atoms with Gasteiger partial charge in [0.15, 0.2) is 11.5 Å². The van der Waals surface area contributed by atoms with E-state index in [9.17, 15) is 0 Å². The number of fused-ring (bicyclic) bond motifs is 1. The smallest absolute Gasteiger partial charge is 0.275 e. The third kappa shape index (κ3) is 4.33. The number of hydrogen-bond donors (Lipinski definition) is 0. The molecule has 2 aliphatic heterocycles. The summed E-state index contributed by atoms with van der Waals surface area (Å²) in [5, 5.41) is 1.36. The molecule has 160 valence electrons. The van der Waals surface area contributed by atoms with Crippen LogP contribution in [0.5, 0.6) is 11.5 Å². The molecule has 0 aliphatic carbocycles. The molecule has 2 aliphatic rings. The van der Waals surface area contributed by atoms with E-state index in [-0.39, 0.29) is 0 Å². The zero-order chi connectivity index (χ0) is 21.4. The summed E-state index contributed by atoms with van der Waals surface area (Å²) < 4.78 is 14.7. The van der Waals surface area contributed by atoms with E-state index in [1.165, 1.54) is 0 Å². The number of hydrogen-bond acceptors (Lipinski definition) is 5. The van der Waals surface area contributed by atoms with Gasteiger partial charge in [0.1, 0.15) is 0 Å². The second-order valence-electron chi connectivity index (χ2n) is 7.73. The molecule has 1 saturated heterocycles. The highest BCUT2D eigenvalue weighted by Gasteiger charge is 2.38. The van der Waals surface area contributed by atoms with Crippen LogP contribution in [-0.4, -0.2) is 30.5 Å². The Morgan fingerprint density at radius 2 is 1.58 bits per heavy atom. The van der Waals surface area contributed by atoms with Gasteiger partial charge in [-0.15, -0.1) is 0 Å². The molecule has 0 aromatic heterocycles. The van der Waals surface area contributed by atoms with Gasteiger partial charge in [0.25, 0.3) is 5.79 Å². The summed E-state index contributed by atoms with van der Waals surface area (Å²) in [5.74, 6) is 0.761. The van der Waals surface area contributed by atoms with Crippen LogP contribution < -0.4 is 14.4 Å². The first-order chi connectivity index (χ1) is 15.0. The lowest BCUT2D eigenvalue weighted by Crippen LogP contribution is -2.43. The maximum atomic E-state index is 6.38. The molecule has 5 rings (SSSR count). The predicted octanol–water partition coefficient (Wildman–Crippen LogP) is 6.47. The summed E-state index contributed by atoms with van der Waals surface area (Å²) >= 11 is 14.2. The quantitative estimate of drug-likeness (QED) is 0.405. The summed E-state index contributed by atoms with van der Waals surface area (Å²) in [6.45, 7) is 5.63. The fourth-order valence-electron chi connectivity index (χ4n) is 3.92. The topological polar surface area (TPSA) is 24.9 Å². The number of nitrogens with zero attached hydrogens (tertiary/aromatic N) is 2. The van der Waals surface area contributed by atoms with Crippen LogP contribution in [0.25, 0.3) is 0 Å². The largest absolute Gasteiger partial charge is 0.445 e. The lowest BCUT2D eigenvalue weighted by Gasteiger charge is -2.35. The lowest BCUT2D eigenvalue weighted by molar-refractivity contribution is -0.0680. The normalized spacial score (nSPS) is 20.8. The molecule has 0 bridgehead atoms. The third-order valence-electron chi connectivity index (χ3n) is 5.55. The van der Waals surface area contributed by atoms with E-state index in [0.29, 0.717) is 10.0 Å². The third-order valence-corrected chi connectivity index (χ3v) is 7.17. The fourth-order valence-corrected chi connectivity index (χ4v) is 5.38. The monoisotopic (exact) mass is 472 g/mol. The lowest BCUT2D eigenvalue weighted by atomic mass is 10.1. The van der Waals surface area contributed by atoms with Crippen LogP contribution in [0.15, 0.2) is 71.6 Å². The molecule has 4 nitrogen and oxygen atoms in total. The van der Waals surface area contributed by atoms with Crippen LogP contribution in [0, 0.1) is 0 Å². The summed E-state index contributed by atoms with van der Waals surface area (Å²) in [6, 6.07) is 21.9. The Morgan fingerprint density at radius 3 is 2.32 bits per heavy atom. The van der Waals surface area contributed by atoms with Crippen LogP contribution in [-0.2, 0) is 5.79 Å². The van der Waals surface area contributed by atoms with Gasteiger partial charge in [-0.1, -0.05) is 53.5 Å². The molecule has 0 amide bonds. The maximum absolute atomic E-state index is 6.38. The van der Waals surface area contributed by atoms with E-state index in [1.54, 1.807) is 18.0 Å². The molecule has 1 atom stereocenters. The Balaban J connectivity index is 1.23. The molecule has 1 fully saturated rings. The first-order valence-electron chi connectivity index (χ1n) is 10.2. The van der Waals surface area contributed by atoms with Gasteiger partial charge in [0, 0.05) is 48.6 Å². The van der Waals surface area contributed by atoms with Crippen LogP contribution in [0.2, 0.25) is 10.0 Å². The summed E-state index contributed by atoms with van der Waals surface area (Å²) in [4.78, 5) is 3.44. The fraction of sp³-hybridized carbons (Fsp3) is 0.250. The van der Waals surface area contributed by atoms with Crippen molar-refractivity contribution < 1.29 is 9.47 Å². The number of rotatable bonds is 4. The molecule has 3 aromatic rings. The number of piperazine rings is 1. The van der Waals surface area contributed by atoms with Gasteiger partial charge in [0.05, 0.1) is 10.7 Å². The van der Waals surface area contributed by atoms with Gasteiger partial charge < -0.3 is 14.4 Å². The predicted molar refractivity (Wildman–Crippen MR) is 128 cm³/mol. The van der Waals surface area contributed by atoms with E-state index in [4.69, 9.17) is 32.7 Å². The molecule has 0 spiro atoms. The minimum atomic E-state index is -0.795. The van der Waals surface area contributed by atoms with Crippen molar-refractivity contribution in [1.82, 2.24) is 4.31 Å². The van der Waals surface area contributed by atoms with Crippen LogP contribution in [0.3, 0.4) is 0 Å². The van der Waals surface area contributed by atoms with Crippen molar-refractivity contribution in [2.75, 3.05) is 31.1 Å². The second kappa shape index (κ2) is 8.47. The summed E-state index contributed by atoms with van der Waals surface area (Å²) in [6.07, 6.45) is 0. The Kier molecular flexibility index (Phi) is 5.69. The van der Waals surface area contributed by atoms with Gasteiger partial charge in [-0.05, 0) is 48.3 Å². The first-order valence-corrected chi connectivity index (χ1v) is 11.7. The molecule has 0 N–H and O–H groups in total. The van der Waals surface area contributed by atoms with Gasteiger partial charge in [-0.25, -0.2) is 4.31 Å². The van der Waals surface area contributed by atoms with Crippen LogP contribution in [0.4, 0.5) is 5.69 Å². The molecular weight excluding hydrogens is 451 g/mol. The Hall–Kier alpha value is -2.05. The standard InChI is InChI=1S/C24H22Cl2N2O2S/c1-24(17-5-3-2-4-6-17)29-22-10-8-19(16-23(22)30-24)31-28-13-11-27(12-14-28)21-9-7-18(25)15-20(21)26/h2-10,15-16H,11-14H2,1H3. The second-order valence-corrected chi connectivity index (χ2v) is 9.74. The van der Waals surface area contributed by atoms with E-state index in [1.807, 2.05) is 55.5 Å². The van der Waals surface area contributed by atoms with Crippen molar-refractivity contribution >= 4 is 40.8 Å². The van der Waals surface area contributed by atoms with E-state index in [2.05, 4.69) is 21.3 Å². The number of anilines is 1. The van der Waals surface area contributed by atoms with Crippen molar-refractivity contribution in [1.29, 1.82) is 0 Å². The van der Waals surface area contributed by atoms with E-state index in [0.717, 1.165) is 53.8 Å². The van der Waals surface area contributed by atoms with Crippen molar-refractivity contribution in [3.05, 3.63) is 82.3 Å². The Labute approximate surface area is 196 Å². The maximum Gasteiger partial charge on any atom is 0.275 e. The minimum Gasteiger partial charge on any atom is -0.445 e. The van der Waals surface area contributed by atoms with Gasteiger partial charge >= 0.3 is 0 Å². The number of halogens is 2. The average Bonchev–Trinajstić information content (AvgIpc) is 3.12. The zero-order valence-electron chi connectivity index (χ0n) is 17.1. The SMILES string of the molecule is CC1(c2ccccc2)Oc2ccc(SN3CCN(c4ccc(Cl)cc4Cl)CC3)cc2O1. The van der Waals surface area contributed by atoms with E-state index >= 15 is 0 Å². The molecular formula is C24H22Cl2N2O2S. The first kappa shape index (κ1) is 20.8. The highest BCUT2D eigenvalue weighted by Crippen LogP contribution is 2.45. The van der Waals surface area contributed by atoms with Crippen molar-refractivity contribution in [3.63, 3.8) is 0 Å². The molecule has 1 unspecified atom stereocenters. The zero-order valence-corrected chi connectivity index (χ0v) is 19.4. The summed E-state index contributed by atoms with van der Waals surface area (Å²) in [5.41, 5.74) is 2.04. The molecule has 2 heterocycles. The summed E-state index contributed by atoms with van der Waals surface area (Å²) in [7, 11) is 0. The molecule has 7 heteroatoms. The van der Waals surface area contributed by atoms with Crippen LogP contribution >= 0.6 is 35.1 Å². The highest BCUT2D eigenvalue weighted by molar-refractivity contribution is 7.97. The minimum absolute atomic E-state index is 0.661. The van der Waals surface area contributed by atoms with Crippen molar-refractivity contribution in [2.45, 2.75) is 17.6 Å². The number of ether oxygens (including phenoxy) is 2. The van der Waals surface area contributed by atoms with Gasteiger partial charge in [0.2, 0.25) is 0 Å². The Bertz CT molecular complexity index is 1090. The van der Waals surface area contributed by atoms with Gasteiger partial charge in [-0.2, -0.15) is 0 Å². The highest BCUT2D eigenvalue weighted by atomic mass is 35.5.